The molecule has 24 heavy (non-hydrogen) atoms. The molecule has 0 radical (unpaired) electrons. The molecule has 6 heteroatoms. The van der Waals surface area contributed by atoms with E-state index < -0.39 is 5.82 Å². The van der Waals surface area contributed by atoms with Gasteiger partial charge in [0, 0.05) is 31.3 Å². The minimum atomic E-state index is -0.555. The fourth-order valence-electron chi connectivity index (χ4n) is 2.28. The second-order valence-electron chi connectivity index (χ2n) is 5.44. The molecule has 1 N–H and O–H groups in total. The van der Waals surface area contributed by atoms with E-state index in [9.17, 15) is 14.0 Å². The number of hydrogen-bond acceptors (Lipinski definition) is 2. The molecular formula is C18H18ClFN2O2. The number of amides is 2. The highest BCUT2D eigenvalue weighted by atomic mass is 35.5. The third-order valence-corrected chi connectivity index (χ3v) is 3.75. The van der Waals surface area contributed by atoms with E-state index in [1.54, 1.807) is 6.07 Å². The van der Waals surface area contributed by atoms with E-state index in [2.05, 4.69) is 5.32 Å². The molecule has 0 saturated heterocycles. The van der Waals surface area contributed by atoms with E-state index in [0.717, 1.165) is 5.56 Å². The molecule has 0 spiro atoms. The number of hydrogen-bond donors (Lipinski definition) is 1. The molecule has 4 nitrogen and oxygen atoms in total. The van der Waals surface area contributed by atoms with Crippen molar-refractivity contribution in [2.75, 3.05) is 16.8 Å². The Morgan fingerprint density at radius 2 is 1.96 bits per heavy atom. The minimum Gasteiger partial charge on any atom is -0.326 e. The molecule has 0 aliphatic rings. The van der Waals surface area contributed by atoms with Crippen LogP contribution in [0, 0.1) is 12.7 Å². The zero-order chi connectivity index (χ0) is 17.7. The summed E-state index contributed by atoms with van der Waals surface area (Å²) in [4.78, 5) is 25.3. The highest BCUT2D eigenvalue weighted by Gasteiger charge is 2.15. The van der Waals surface area contributed by atoms with Crippen LogP contribution < -0.4 is 10.2 Å². The summed E-state index contributed by atoms with van der Waals surface area (Å²) in [6, 6.07) is 11.5. The Kier molecular flexibility index (Phi) is 5.93. The number of nitrogens with zero attached hydrogens (tertiary/aromatic N) is 1. The van der Waals surface area contributed by atoms with Gasteiger partial charge in [-0.25, -0.2) is 4.39 Å². The molecule has 0 aliphatic carbocycles. The maximum absolute atomic E-state index is 13.3. The van der Waals surface area contributed by atoms with E-state index >= 15 is 0 Å². The molecule has 0 atom stereocenters. The largest absolute Gasteiger partial charge is 0.326 e. The van der Waals surface area contributed by atoms with Gasteiger partial charge in [0.1, 0.15) is 5.82 Å². The molecule has 0 bridgehead atoms. The monoisotopic (exact) mass is 348 g/mol. The Balaban J connectivity index is 2.02. The lowest BCUT2D eigenvalue weighted by molar-refractivity contribution is -0.117. The molecular weight excluding hydrogens is 331 g/mol. The lowest BCUT2D eigenvalue weighted by Gasteiger charge is -2.21. The number of nitrogens with one attached hydrogen (secondary N) is 1. The van der Waals surface area contributed by atoms with Crippen LogP contribution in [0.3, 0.4) is 0 Å². The normalized spacial score (nSPS) is 10.3. The van der Waals surface area contributed by atoms with Crippen molar-refractivity contribution in [3.05, 3.63) is 58.9 Å². The molecule has 2 rings (SSSR count). The Hall–Kier alpha value is -2.40. The van der Waals surface area contributed by atoms with Crippen molar-refractivity contribution in [2.45, 2.75) is 20.3 Å². The fraction of sp³-hybridized carbons (Fsp3) is 0.222. The summed E-state index contributed by atoms with van der Waals surface area (Å²) >= 11 is 5.76. The summed E-state index contributed by atoms with van der Waals surface area (Å²) in [7, 11) is 0. The van der Waals surface area contributed by atoms with Crippen molar-refractivity contribution < 1.29 is 14.0 Å². The molecule has 0 saturated carbocycles. The number of rotatable bonds is 5. The quantitative estimate of drug-likeness (QED) is 0.881. The van der Waals surface area contributed by atoms with Gasteiger partial charge in [-0.15, -0.1) is 0 Å². The summed E-state index contributed by atoms with van der Waals surface area (Å²) < 4.78 is 13.3. The number of carbonyl (C=O) groups is 2. The topological polar surface area (TPSA) is 49.4 Å². The highest BCUT2D eigenvalue weighted by molar-refractivity contribution is 6.31. The second kappa shape index (κ2) is 7.93. The van der Waals surface area contributed by atoms with Crippen molar-refractivity contribution in [3.8, 4) is 0 Å². The van der Waals surface area contributed by atoms with Crippen molar-refractivity contribution in [1.82, 2.24) is 0 Å². The number of halogens is 2. The van der Waals surface area contributed by atoms with Gasteiger partial charge in [0.25, 0.3) is 0 Å². The van der Waals surface area contributed by atoms with Crippen LogP contribution in [0.1, 0.15) is 18.9 Å². The lowest BCUT2D eigenvalue weighted by atomic mass is 10.2. The van der Waals surface area contributed by atoms with Gasteiger partial charge >= 0.3 is 0 Å². The Morgan fingerprint density at radius 1 is 1.21 bits per heavy atom. The molecule has 2 amide bonds. The van der Waals surface area contributed by atoms with Crippen LogP contribution in [0.25, 0.3) is 0 Å². The maximum atomic E-state index is 13.3. The van der Waals surface area contributed by atoms with E-state index in [4.69, 9.17) is 11.6 Å². The van der Waals surface area contributed by atoms with Crippen LogP contribution >= 0.6 is 11.6 Å². The highest BCUT2D eigenvalue weighted by Crippen LogP contribution is 2.23. The van der Waals surface area contributed by atoms with Gasteiger partial charge in [0.05, 0.1) is 5.02 Å². The molecule has 2 aromatic rings. The van der Waals surface area contributed by atoms with E-state index in [1.165, 1.54) is 30.0 Å². The van der Waals surface area contributed by atoms with Crippen LogP contribution in [0.15, 0.2) is 42.5 Å². The standard InChI is InChI=1S/C18H18ClFN2O2/c1-12-4-3-5-14(10-12)21-18(24)8-9-22(13(2)23)15-6-7-17(20)16(19)11-15/h3-7,10-11H,8-9H2,1-2H3,(H,21,24). The number of carbonyl (C=O) groups excluding carboxylic acids is 2. The maximum Gasteiger partial charge on any atom is 0.226 e. The van der Waals surface area contributed by atoms with Gasteiger partial charge in [0.2, 0.25) is 11.8 Å². The first-order valence-electron chi connectivity index (χ1n) is 7.46. The summed E-state index contributed by atoms with van der Waals surface area (Å²) in [5.41, 5.74) is 2.20. The first kappa shape index (κ1) is 17.9. The predicted octanol–water partition coefficient (Wildman–Crippen LogP) is 4.17. The van der Waals surface area contributed by atoms with Crippen molar-refractivity contribution >= 4 is 34.8 Å². The number of benzene rings is 2. The lowest BCUT2D eigenvalue weighted by Crippen LogP contribution is -2.32. The van der Waals surface area contributed by atoms with Gasteiger partial charge in [-0.2, -0.15) is 0 Å². The average molecular weight is 349 g/mol. The van der Waals surface area contributed by atoms with Crippen LogP contribution in [-0.2, 0) is 9.59 Å². The molecule has 126 valence electrons. The van der Waals surface area contributed by atoms with Crippen LogP contribution in [0.4, 0.5) is 15.8 Å². The Labute approximate surface area is 145 Å². The van der Waals surface area contributed by atoms with Crippen molar-refractivity contribution in [3.63, 3.8) is 0 Å². The van der Waals surface area contributed by atoms with E-state index in [-0.39, 0.29) is 29.8 Å². The summed E-state index contributed by atoms with van der Waals surface area (Å²) in [6.45, 7) is 3.50. The third-order valence-electron chi connectivity index (χ3n) is 3.46. The minimum absolute atomic E-state index is 0.0667. The van der Waals surface area contributed by atoms with Gasteiger partial charge in [0.15, 0.2) is 0 Å². The zero-order valence-electron chi connectivity index (χ0n) is 13.5. The zero-order valence-corrected chi connectivity index (χ0v) is 14.2. The van der Waals surface area contributed by atoms with Gasteiger partial charge in [-0.3, -0.25) is 9.59 Å². The third kappa shape index (κ3) is 4.80. The van der Waals surface area contributed by atoms with Crippen molar-refractivity contribution in [2.24, 2.45) is 0 Å². The number of aryl methyl sites for hydroxylation is 1. The smallest absolute Gasteiger partial charge is 0.226 e. The van der Waals surface area contributed by atoms with Gasteiger partial charge in [-0.1, -0.05) is 23.7 Å². The molecule has 0 aliphatic heterocycles. The van der Waals surface area contributed by atoms with Crippen LogP contribution in [0.5, 0.6) is 0 Å². The molecule has 0 aromatic heterocycles. The summed E-state index contributed by atoms with van der Waals surface area (Å²) in [5, 5.41) is 2.72. The van der Waals surface area contributed by atoms with E-state index in [0.29, 0.717) is 11.4 Å². The molecule has 0 unspecified atom stereocenters. The Morgan fingerprint density at radius 3 is 2.58 bits per heavy atom. The van der Waals surface area contributed by atoms with Crippen LogP contribution in [-0.4, -0.2) is 18.4 Å². The summed E-state index contributed by atoms with van der Waals surface area (Å²) in [5.74, 6) is -1.01. The second-order valence-corrected chi connectivity index (χ2v) is 5.84. The first-order valence-corrected chi connectivity index (χ1v) is 7.84. The molecule has 0 heterocycles. The Bertz CT molecular complexity index is 764. The molecule has 2 aromatic carbocycles. The van der Waals surface area contributed by atoms with Gasteiger partial charge in [-0.05, 0) is 42.8 Å². The number of anilines is 2. The van der Waals surface area contributed by atoms with E-state index in [1.807, 2.05) is 25.1 Å². The van der Waals surface area contributed by atoms with Crippen LogP contribution in [0.2, 0.25) is 5.02 Å². The first-order chi connectivity index (χ1) is 11.4. The average Bonchev–Trinajstić information content (AvgIpc) is 2.50. The van der Waals surface area contributed by atoms with Gasteiger partial charge < -0.3 is 10.2 Å². The SMILES string of the molecule is CC(=O)N(CCC(=O)Nc1cccc(C)c1)c1ccc(F)c(Cl)c1. The molecule has 0 fully saturated rings. The predicted molar refractivity (Wildman–Crippen MR) is 93.9 cm³/mol. The van der Waals surface area contributed by atoms with Crippen molar-refractivity contribution in [1.29, 1.82) is 0 Å². The summed E-state index contributed by atoms with van der Waals surface area (Å²) in [6.07, 6.45) is 0.114. The fourth-order valence-corrected chi connectivity index (χ4v) is 2.46.